The van der Waals surface area contributed by atoms with Gasteiger partial charge < -0.3 is 19.8 Å². The van der Waals surface area contributed by atoms with E-state index in [9.17, 15) is 24.6 Å². The first-order valence-corrected chi connectivity index (χ1v) is 10.9. The van der Waals surface area contributed by atoms with E-state index in [1.165, 1.54) is 6.07 Å². The Labute approximate surface area is 181 Å². The number of nitrogens with zero attached hydrogens (tertiary/aromatic N) is 1. The number of allylic oxidation sites excluding steroid dienone is 4. The van der Waals surface area contributed by atoms with Crippen LogP contribution in [0.5, 0.6) is 11.5 Å². The summed E-state index contributed by atoms with van der Waals surface area (Å²) in [5.41, 5.74) is 3.63. The average Bonchev–Trinajstić information content (AvgIpc) is 2.74. The first kappa shape index (κ1) is 21.2. The van der Waals surface area contributed by atoms with Crippen molar-refractivity contribution in [2.45, 2.75) is 57.8 Å². The van der Waals surface area contributed by atoms with Crippen LogP contribution in [0, 0.1) is 0 Å². The van der Waals surface area contributed by atoms with Crippen molar-refractivity contribution < 1.29 is 29.3 Å². The van der Waals surface area contributed by atoms with Crippen LogP contribution in [-0.4, -0.2) is 45.8 Å². The number of phenolic OH excluding ortho intramolecular Hbond substituents is 1. The van der Waals surface area contributed by atoms with Crippen LogP contribution in [0.25, 0.3) is 0 Å². The maximum Gasteiger partial charge on any atom is 0.305 e. The molecule has 31 heavy (non-hydrogen) atoms. The third kappa shape index (κ3) is 3.84. The molecule has 0 bridgehead atoms. The number of carbonyl (C=O) groups excluding carboxylic acids is 2. The molecule has 2 N–H and O–H groups in total. The first-order chi connectivity index (χ1) is 14.9. The summed E-state index contributed by atoms with van der Waals surface area (Å²) >= 11 is 0. The van der Waals surface area contributed by atoms with Crippen LogP contribution >= 0.6 is 0 Å². The van der Waals surface area contributed by atoms with Crippen LogP contribution in [-0.2, 0) is 14.4 Å². The van der Waals surface area contributed by atoms with Gasteiger partial charge in [0.2, 0.25) is 0 Å². The van der Waals surface area contributed by atoms with E-state index in [2.05, 4.69) is 0 Å². The van der Waals surface area contributed by atoms with Crippen molar-refractivity contribution in [3.63, 3.8) is 0 Å². The summed E-state index contributed by atoms with van der Waals surface area (Å²) in [4.78, 5) is 39.5. The second-order valence-corrected chi connectivity index (χ2v) is 8.16. The number of aliphatic carboxylic acids is 1. The Morgan fingerprint density at radius 1 is 1.06 bits per heavy atom. The number of aromatic hydroxyl groups is 1. The molecule has 0 spiro atoms. The molecule has 1 aliphatic heterocycles. The minimum absolute atomic E-state index is 0.00235. The lowest BCUT2D eigenvalue weighted by atomic mass is 9.71. The summed E-state index contributed by atoms with van der Waals surface area (Å²) < 4.78 is 5.55. The van der Waals surface area contributed by atoms with Crippen LogP contribution in [0.1, 0.15) is 63.4 Å². The van der Waals surface area contributed by atoms with Gasteiger partial charge in [0, 0.05) is 47.8 Å². The lowest BCUT2D eigenvalue weighted by Gasteiger charge is -2.44. The number of carboxylic acid groups (broad SMARTS) is 1. The van der Waals surface area contributed by atoms with Crippen molar-refractivity contribution in [2.75, 3.05) is 13.2 Å². The van der Waals surface area contributed by atoms with Gasteiger partial charge in [-0.15, -0.1) is 0 Å². The quantitative estimate of drug-likeness (QED) is 0.716. The Morgan fingerprint density at radius 2 is 1.68 bits per heavy atom. The number of rotatable bonds is 6. The summed E-state index contributed by atoms with van der Waals surface area (Å²) in [5, 5.41) is 19.4. The van der Waals surface area contributed by atoms with Gasteiger partial charge in [0.15, 0.2) is 23.1 Å². The van der Waals surface area contributed by atoms with E-state index in [1.54, 1.807) is 12.1 Å². The molecule has 4 rings (SSSR count). The van der Waals surface area contributed by atoms with Crippen molar-refractivity contribution in [1.29, 1.82) is 0 Å². The number of Topliss-reactive ketones (excluding diaryl/α,β-unsaturated/α-hetero) is 2. The number of benzene rings is 1. The van der Waals surface area contributed by atoms with Crippen molar-refractivity contribution in [3.8, 4) is 11.5 Å². The van der Waals surface area contributed by atoms with E-state index in [0.717, 1.165) is 17.0 Å². The second kappa shape index (κ2) is 8.57. The van der Waals surface area contributed by atoms with Crippen molar-refractivity contribution >= 4 is 17.5 Å². The Balaban J connectivity index is 1.90. The van der Waals surface area contributed by atoms with Crippen molar-refractivity contribution in [2.24, 2.45) is 0 Å². The molecule has 1 aromatic carbocycles. The molecule has 0 aromatic heterocycles. The molecule has 1 aromatic rings. The summed E-state index contributed by atoms with van der Waals surface area (Å²) in [6, 6.07) is 5.00. The van der Waals surface area contributed by atoms with Gasteiger partial charge in [0.05, 0.1) is 13.0 Å². The average molecular weight is 425 g/mol. The highest BCUT2D eigenvalue weighted by atomic mass is 16.5. The Kier molecular flexibility index (Phi) is 5.85. The number of hydrogen-bond acceptors (Lipinski definition) is 6. The maximum absolute atomic E-state index is 13.1. The fourth-order valence-electron chi connectivity index (χ4n) is 5.01. The maximum atomic E-state index is 13.1. The Bertz CT molecular complexity index is 961. The first-order valence-electron chi connectivity index (χ1n) is 10.9. The lowest BCUT2D eigenvalue weighted by Crippen LogP contribution is -2.39. The molecule has 3 aliphatic rings. The zero-order chi connectivity index (χ0) is 22.1. The standard InChI is InChI=1S/C24H27NO6/c1-2-31-20-13-14(9-10-17(20)26)22-23-15(5-3-7-18(23)27)25(12-11-21(29)30)16-6-4-8-19(28)24(16)22/h9-10,13,22,26H,2-8,11-12H2,1H3,(H,29,30). The van der Waals surface area contributed by atoms with E-state index < -0.39 is 11.9 Å². The van der Waals surface area contributed by atoms with Crippen molar-refractivity contribution in [3.05, 3.63) is 46.3 Å². The molecule has 164 valence electrons. The number of carbonyl (C=O) groups is 3. The molecule has 7 nitrogen and oxygen atoms in total. The molecule has 0 saturated heterocycles. The fraction of sp³-hybridized carbons (Fsp3) is 0.458. The predicted octanol–water partition coefficient (Wildman–Crippen LogP) is 3.68. The van der Waals surface area contributed by atoms with E-state index in [0.29, 0.717) is 62.0 Å². The van der Waals surface area contributed by atoms with Crippen LogP contribution < -0.4 is 4.74 Å². The molecule has 7 heteroatoms. The molecular formula is C24H27NO6. The predicted molar refractivity (Wildman–Crippen MR) is 113 cm³/mol. The van der Waals surface area contributed by atoms with Gasteiger partial charge in [-0.2, -0.15) is 0 Å². The zero-order valence-corrected chi connectivity index (χ0v) is 17.6. The number of phenols is 1. The van der Waals surface area contributed by atoms with Crippen LogP contribution in [0.15, 0.2) is 40.7 Å². The number of carboxylic acids is 1. The molecule has 0 radical (unpaired) electrons. The van der Waals surface area contributed by atoms with E-state index in [4.69, 9.17) is 4.74 Å². The Hall–Kier alpha value is -3.09. The summed E-state index contributed by atoms with van der Waals surface area (Å²) in [5.74, 6) is -1.07. The van der Waals surface area contributed by atoms with Gasteiger partial charge in [-0.1, -0.05) is 6.07 Å². The highest BCUT2D eigenvalue weighted by Gasteiger charge is 2.43. The zero-order valence-electron chi connectivity index (χ0n) is 17.6. The van der Waals surface area contributed by atoms with Gasteiger partial charge in [0.1, 0.15) is 0 Å². The van der Waals surface area contributed by atoms with Crippen molar-refractivity contribution in [1.82, 2.24) is 4.90 Å². The molecule has 1 heterocycles. The molecular weight excluding hydrogens is 398 g/mol. The monoisotopic (exact) mass is 425 g/mol. The summed E-state index contributed by atoms with van der Waals surface area (Å²) in [6.45, 7) is 2.45. The lowest BCUT2D eigenvalue weighted by molar-refractivity contribution is -0.137. The van der Waals surface area contributed by atoms with Crippen LogP contribution in [0.2, 0.25) is 0 Å². The summed E-state index contributed by atoms with van der Waals surface area (Å²) in [6.07, 6.45) is 3.55. The second-order valence-electron chi connectivity index (χ2n) is 8.16. The SMILES string of the molecule is CCOc1cc(C2C3=C(CCCC3=O)N(CCC(=O)O)C3=C2C(=O)CCC3)ccc1O. The van der Waals surface area contributed by atoms with E-state index >= 15 is 0 Å². The molecule has 2 aliphatic carbocycles. The minimum atomic E-state index is -0.907. The van der Waals surface area contributed by atoms with E-state index in [-0.39, 0.29) is 30.3 Å². The Morgan fingerprint density at radius 3 is 2.23 bits per heavy atom. The molecule has 0 saturated carbocycles. The third-order valence-electron chi connectivity index (χ3n) is 6.25. The number of hydrogen-bond donors (Lipinski definition) is 2. The van der Waals surface area contributed by atoms with Crippen LogP contribution in [0.4, 0.5) is 0 Å². The van der Waals surface area contributed by atoms with Crippen LogP contribution in [0.3, 0.4) is 0 Å². The van der Waals surface area contributed by atoms with E-state index in [1.807, 2.05) is 11.8 Å². The molecule has 0 fully saturated rings. The highest BCUT2D eigenvalue weighted by molar-refractivity contribution is 6.06. The van der Waals surface area contributed by atoms with Gasteiger partial charge >= 0.3 is 5.97 Å². The number of ether oxygens (including phenoxy) is 1. The van der Waals surface area contributed by atoms with Gasteiger partial charge in [-0.3, -0.25) is 14.4 Å². The fourth-order valence-corrected chi connectivity index (χ4v) is 5.01. The largest absolute Gasteiger partial charge is 0.504 e. The normalized spacial score (nSPS) is 19.5. The third-order valence-corrected chi connectivity index (χ3v) is 6.25. The summed E-state index contributed by atoms with van der Waals surface area (Å²) in [7, 11) is 0. The molecule has 0 unspecified atom stereocenters. The molecule has 0 amide bonds. The highest BCUT2D eigenvalue weighted by Crippen LogP contribution is 2.50. The minimum Gasteiger partial charge on any atom is -0.504 e. The smallest absolute Gasteiger partial charge is 0.305 e. The van der Waals surface area contributed by atoms with Gasteiger partial charge in [0.25, 0.3) is 0 Å². The number of ketones is 2. The molecule has 0 atom stereocenters. The topological polar surface area (TPSA) is 104 Å². The van der Waals surface area contributed by atoms with Gasteiger partial charge in [-0.05, 0) is 50.3 Å². The van der Waals surface area contributed by atoms with Gasteiger partial charge in [-0.25, -0.2) is 0 Å².